The first-order valence-corrected chi connectivity index (χ1v) is 8.33. The Hall–Kier alpha value is -3.67. The highest BCUT2D eigenvalue weighted by Crippen LogP contribution is 2.19. The minimum atomic E-state index is -1.09. The van der Waals surface area contributed by atoms with Gasteiger partial charge in [0.25, 0.3) is 5.56 Å². The van der Waals surface area contributed by atoms with Crippen molar-refractivity contribution in [2.45, 2.75) is 26.3 Å². The molecule has 0 aliphatic heterocycles. The predicted molar refractivity (Wildman–Crippen MR) is 96.2 cm³/mol. The zero-order valence-corrected chi connectivity index (χ0v) is 15.0. The van der Waals surface area contributed by atoms with E-state index >= 15 is 0 Å². The van der Waals surface area contributed by atoms with Crippen molar-refractivity contribution in [3.63, 3.8) is 0 Å². The third-order valence-corrected chi connectivity index (χ3v) is 4.23. The van der Waals surface area contributed by atoms with Crippen LogP contribution in [0.25, 0.3) is 10.9 Å². The van der Waals surface area contributed by atoms with Gasteiger partial charge in [0.2, 0.25) is 5.91 Å². The Bertz CT molecular complexity index is 1180. The summed E-state index contributed by atoms with van der Waals surface area (Å²) in [6.07, 6.45) is 0.977. The Kier molecular flexibility index (Phi) is 5.13. The smallest absolute Gasteiger partial charge is 0.252 e. The Balaban J connectivity index is 1.81. The molecule has 2 aromatic heterocycles. The topological polar surface area (TPSA) is 112 Å². The number of fused-ring (bicyclic) bond motifs is 1. The van der Waals surface area contributed by atoms with E-state index in [4.69, 9.17) is 5.26 Å². The maximum absolute atomic E-state index is 13.9. The van der Waals surface area contributed by atoms with Crippen molar-refractivity contribution in [1.82, 2.24) is 20.3 Å². The fourth-order valence-electron chi connectivity index (χ4n) is 2.89. The number of nitrogens with one attached hydrogen (secondary N) is 2. The molecule has 1 aromatic carbocycles. The lowest BCUT2D eigenvalue weighted by Gasteiger charge is -2.15. The largest absolute Gasteiger partial charge is 0.348 e. The van der Waals surface area contributed by atoms with Gasteiger partial charge in [0, 0.05) is 10.9 Å². The number of pyridine rings is 1. The van der Waals surface area contributed by atoms with Crippen molar-refractivity contribution in [2.24, 2.45) is 0 Å². The number of carbonyl (C=O) groups is 1. The van der Waals surface area contributed by atoms with Gasteiger partial charge in [-0.2, -0.15) is 5.26 Å². The third kappa shape index (κ3) is 3.71. The zero-order chi connectivity index (χ0) is 20.4. The van der Waals surface area contributed by atoms with Gasteiger partial charge in [0.1, 0.15) is 6.07 Å². The normalized spacial score (nSPS) is 11.8. The van der Waals surface area contributed by atoms with Crippen LogP contribution in [-0.4, -0.2) is 20.9 Å². The van der Waals surface area contributed by atoms with E-state index in [2.05, 4.69) is 20.3 Å². The Morgan fingerprint density at radius 2 is 2.14 bits per heavy atom. The summed E-state index contributed by atoms with van der Waals surface area (Å²) in [6.45, 7) is 3.35. The average Bonchev–Trinajstić information content (AvgIpc) is 2.65. The van der Waals surface area contributed by atoms with Crippen LogP contribution in [0.3, 0.4) is 0 Å². The highest BCUT2D eigenvalue weighted by Gasteiger charge is 2.17. The number of halogens is 2. The second-order valence-corrected chi connectivity index (χ2v) is 6.25. The van der Waals surface area contributed by atoms with Crippen LogP contribution in [0.5, 0.6) is 0 Å². The zero-order valence-electron chi connectivity index (χ0n) is 15.0. The van der Waals surface area contributed by atoms with Gasteiger partial charge in [-0.05, 0) is 32.0 Å². The van der Waals surface area contributed by atoms with Crippen molar-refractivity contribution < 1.29 is 13.6 Å². The molecule has 7 nitrogen and oxygen atoms in total. The highest BCUT2D eigenvalue weighted by molar-refractivity contribution is 5.83. The average molecular weight is 383 g/mol. The van der Waals surface area contributed by atoms with E-state index in [1.165, 1.54) is 18.3 Å². The first-order chi connectivity index (χ1) is 13.3. The fraction of sp³-hybridized carbons (Fsp3) is 0.211. The molecule has 0 saturated carbocycles. The quantitative estimate of drug-likeness (QED) is 0.717. The molecule has 9 heteroatoms. The maximum atomic E-state index is 13.9. The number of aromatic nitrogens is 3. The molecule has 0 saturated heterocycles. The molecule has 0 aliphatic rings. The summed E-state index contributed by atoms with van der Waals surface area (Å²) in [4.78, 5) is 35.1. The number of amides is 1. The van der Waals surface area contributed by atoms with Crippen LogP contribution in [0.15, 0.2) is 29.2 Å². The van der Waals surface area contributed by atoms with Crippen LogP contribution < -0.4 is 10.9 Å². The molecule has 3 rings (SSSR count). The number of hydrogen-bond donors (Lipinski definition) is 2. The van der Waals surface area contributed by atoms with Crippen LogP contribution in [0.2, 0.25) is 0 Å². The van der Waals surface area contributed by atoms with E-state index < -0.39 is 29.1 Å². The summed E-state index contributed by atoms with van der Waals surface area (Å²) in [7, 11) is 0. The Morgan fingerprint density at radius 1 is 1.39 bits per heavy atom. The predicted octanol–water partition coefficient (Wildman–Crippen LogP) is 2.20. The van der Waals surface area contributed by atoms with E-state index in [9.17, 15) is 18.4 Å². The Morgan fingerprint density at radius 3 is 2.82 bits per heavy atom. The minimum Gasteiger partial charge on any atom is -0.348 e. The second-order valence-electron chi connectivity index (χ2n) is 6.25. The summed E-state index contributed by atoms with van der Waals surface area (Å²) in [5, 5.41) is 11.4. The van der Waals surface area contributed by atoms with E-state index in [1.807, 2.05) is 6.07 Å². The summed E-state index contributed by atoms with van der Waals surface area (Å²) >= 11 is 0. The van der Waals surface area contributed by atoms with E-state index in [0.717, 1.165) is 6.07 Å². The number of aromatic amines is 1. The third-order valence-electron chi connectivity index (χ3n) is 4.23. The van der Waals surface area contributed by atoms with Crippen LogP contribution in [-0.2, 0) is 11.2 Å². The molecule has 0 bridgehead atoms. The standard InChI is InChI=1S/C19H15F2N5O2/c1-9-18(23-8-12(7-22)24-9)10(2)25-16(27)6-11-5-13-15(26-19(11)28)4-3-14(20)17(13)21/h3-5,8,10H,6H2,1-2H3,(H,25,27)(H,26,28)/t10-/m1/s1. The van der Waals surface area contributed by atoms with Crippen molar-refractivity contribution in [1.29, 1.82) is 5.26 Å². The van der Waals surface area contributed by atoms with E-state index in [-0.39, 0.29) is 28.6 Å². The van der Waals surface area contributed by atoms with Gasteiger partial charge in [-0.25, -0.2) is 13.8 Å². The van der Waals surface area contributed by atoms with Gasteiger partial charge < -0.3 is 10.3 Å². The van der Waals surface area contributed by atoms with Gasteiger partial charge in [-0.1, -0.05) is 0 Å². The number of benzene rings is 1. The monoisotopic (exact) mass is 383 g/mol. The molecule has 3 aromatic rings. The van der Waals surface area contributed by atoms with Crippen LogP contribution in [0, 0.1) is 29.9 Å². The molecule has 0 unspecified atom stereocenters. The molecular formula is C19H15F2N5O2. The molecule has 0 spiro atoms. The fourth-order valence-corrected chi connectivity index (χ4v) is 2.89. The molecule has 2 N–H and O–H groups in total. The van der Waals surface area contributed by atoms with Crippen LogP contribution in [0.4, 0.5) is 8.78 Å². The number of nitriles is 1. The van der Waals surface area contributed by atoms with Crippen molar-refractivity contribution in [3.05, 3.63) is 69.0 Å². The number of hydrogen-bond acceptors (Lipinski definition) is 5. The SMILES string of the molecule is Cc1nc(C#N)cnc1[C@@H](C)NC(=O)Cc1cc2c(F)c(F)ccc2[nH]c1=O. The number of nitrogens with zero attached hydrogens (tertiary/aromatic N) is 3. The highest BCUT2D eigenvalue weighted by atomic mass is 19.2. The second kappa shape index (κ2) is 7.52. The van der Waals surface area contributed by atoms with Crippen molar-refractivity contribution in [2.75, 3.05) is 0 Å². The lowest BCUT2D eigenvalue weighted by Crippen LogP contribution is -2.31. The minimum absolute atomic E-state index is 0.00401. The van der Waals surface area contributed by atoms with Crippen molar-refractivity contribution in [3.8, 4) is 6.07 Å². The molecule has 0 fully saturated rings. The lowest BCUT2D eigenvalue weighted by atomic mass is 10.1. The molecule has 0 aliphatic carbocycles. The first-order valence-electron chi connectivity index (χ1n) is 8.33. The molecule has 142 valence electrons. The number of aryl methyl sites for hydroxylation is 1. The molecule has 1 atom stereocenters. The molecule has 2 heterocycles. The molecular weight excluding hydrogens is 368 g/mol. The number of H-pyrrole nitrogens is 1. The van der Waals surface area contributed by atoms with Gasteiger partial charge >= 0.3 is 0 Å². The van der Waals surface area contributed by atoms with E-state index in [0.29, 0.717) is 11.4 Å². The van der Waals surface area contributed by atoms with Crippen LogP contribution in [0.1, 0.15) is 35.6 Å². The van der Waals surface area contributed by atoms with Gasteiger partial charge in [-0.15, -0.1) is 0 Å². The van der Waals surface area contributed by atoms with Gasteiger partial charge in [0.15, 0.2) is 17.3 Å². The van der Waals surface area contributed by atoms with Crippen molar-refractivity contribution >= 4 is 16.8 Å². The molecule has 0 radical (unpaired) electrons. The Labute approximate surface area is 158 Å². The molecule has 1 amide bonds. The van der Waals surface area contributed by atoms with Crippen LogP contribution >= 0.6 is 0 Å². The summed E-state index contributed by atoms with van der Waals surface area (Å²) in [6, 6.07) is 4.70. The first kappa shape index (κ1) is 19.1. The maximum Gasteiger partial charge on any atom is 0.252 e. The summed E-state index contributed by atoms with van der Waals surface area (Å²) in [5.41, 5.74) is 0.725. The molecule has 28 heavy (non-hydrogen) atoms. The summed E-state index contributed by atoms with van der Waals surface area (Å²) < 4.78 is 27.4. The summed E-state index contributed by atoms with van der Waals surface area (Å²) in [5.74, 6) is -2.63. The number of rotatable bonds is 4. The lowest BCUT2D eigenvalue weighted by molar-refractivity contribution is -0.121. The van der Waals surface area contributed by atoms with Gasteiger partial charge in [0.05, 0.1) is 35.6 Å². The van der Waals surface area contributed by atoms with E-state index in [1.54, 1.807) is 13.8 Å². The van der Waals surface area contributed by atoms with Gasteiger partial charge in [-0.3, -0.25) is 14.6 Å². The number of carbonyl (C=O) groups excluding carboxylic acids is 1.